The number of amides is 1. The van der Waals surface area contributed by atoms with E-state index in [1.165, 1.54) is 0 Å². The summed E-state index contributed by atoms with van der Waals surface area (Å²) < 4.78 is 5.72. The van der Waals surface area contributed by atoms with E-state index in [0.717, 1.165) is 46.3 Å². The molecular weight excluding hydrogens is 404 g/mol. The summed E-state index contributed by atoms with van der Waals surface area (Å²) in [5, 5.41) is 27.4. The molecule has 32 heavy (non-hydrogen) atoms. The second-order valence-electron chi connectivity index (χ2n) is 8.72. The third kappa shape index (κ3) is 4.54. The number of ether oxygens (including phenoxy) is 1. The standard InChI is InChI=1S/C25H28N4O3/c1-16(2)5-8-22-20-12-21(24(30)13-23(20)28-27-22)25(31)29-14-17-6-7-19(11-18(17)15-29)32-10-4-3-9-26/h6-7,11-13,16,30H,3-5,8,10,14-15H2,1-2H3,(H,27,28). The Hall–Kier alpha value is -3.53. The number of aryl methyl sites for hydroxylation is 1. The van der Waals surface area contributed by atoms with E-state index in [0.29, 0.717) is 44.0 Å². The van der Waals surface area contributed by atoms with Gasteiger partial charge in [0.25, 0.3) is 5.91 Å². The molecule has 7 nitrogen and oxygen atoms in total. The van der Waals surface area contributed by atoms with E-state index < -0.39 is 0 Å². The lowest BCUT2D eigenvalue weighted by molar-refractivity contribution is 0.0748. The summed E-state index contributed by atoms with van der Waals surface area (Å²) in [5.41, 5.74) is 4.07. The Balaban J connectivity index is 1.50. The van der Waals surface area contributed by atoms with Crippen LogP contribution in [0.15, 0.2) is 30.3 Å². The molecule has 1 aromatic heterocycles. The van der Waals surface area contributed by atoms with Crippen LogP contribution in [-0.4, -0.2) is 32.7 Å². The Labute approximate surface area is 187 Å². The van der Waals surface area contributed by atoms with Gasteiger partial charge in [0.05, 0.1) is 29.5 Å². The number of nitrogens with one attached hydrogen (secondary N) is 1. The lowest BCUT2D eigenvalue weighted by atomic mass is 10.0. The van der Waals surface area contributed by atoms with Crippen LogP contribution in [0, 0.1) is 17.2 Å². The molecule has 1 aliphatic heterocycles. The van der Waals surface area contributed by atoms with Crippen molar-refractivity contribution in [3.05, 3.63) is 52.7 Å². The molecule has 2 aromatic carbocycles. The van der Waals surface area contributed by atoms with Crippen LogP contribution in [0.4, 0.5) is 0 Å². The number of carbonyl (C=O) groups is 1. The minimum atomic E-state index is -0.201. The topological polar surface area (TPSA) is 102 Å². The number of phenols is 1. The van der Waals surface area contributed by atoms with Crippen molar-refractivity contribution in [3.63, 3.8) is 0 Å². The maximum absolute atomic E-state index is 13.3. The largest absolute Gasteiger partial charge is 0.507 e. The first kappa shape index (κ1) is 21.7. The van der Waals surface area contributed by atoms with Gasteiger partial charge in [-0.25, -0.2) is 0 Å². The first-order valence-corrected chi connectivity index (χ1v) is 11.1. The lowest BCUT2D eigenvalue weighted by Gasteiger charge is -2.16. The molecule has 0 saturated heterocycles. The Morgan fingerprint density at radius 3 is 2.88 bits per heavy atom. The van der Waals surface area contributed by atoms with Crippen LogP contribution >= 0.6 is 0 Å². The molecule has 0 atom stereocenters. The van der Waals surface area contributed by atoms with Gasteiger partial charge in [0.2, 0.25) is 0 Å². The number of hydrogen-bond acceptors (Lipinski definition) is 5. The summed E-state index contributed by atoms with van der Waals surface area (Å²) in [7, 11) is 0. The fraction of sp³-hybridized carbons (Fsp3) is 0.400. The van der Waals surface area contributed by atoms with Crippen molar-refractivity contribution >= 4 is 16.8 Å². The van der Waals surface area contributed by atoms with Gasteiger partial charge in [0.15, 0.2) is 0 Å². The fourth-order valence-corrected chi connectivity index (χ4v) is 4.01. The molecule has 7 heteroatoms. The number of carbonyl (C=O) groups excluding carboxylic acids is 1. The first-order valence-electron chi connectivity index (χ1n) is 11.1. The highest BCUT2D eigenvalue weighted by Crippen LogP contribution is 2.32. The third-order valence-corrected chi connectivity index (χ3v) is 5.84. The molecule has 0 bridgehead atoms. The minimum Gasteiger partial charge on any atom is -0.507 e. The number of hydrogen-bond donors (Lipinski definition) is 2. The Morgan fingerprint density at radius 2 is 2.09 bits per heavy atom. The van der Waals surface area contributed by atoms with Crippen LogP contribution in [0.5, 0.6) is 11.5 Å². The number of aromatic nitrogens is 2. The fourth-order valence-electron chi connectivity index (χ4n) is 4.01. The predicted octanol–water partition coefficient (Wildman–Crippen LogP) is 4.70. The van der Waals surface area contributed by atoms with E-state index >= 15 is 0 Å². The second kappa shape index (κ2) is 9.31. The van der Waals surface area contributed by atoms with Gasteiger partial charge in [-0.2, -0.15) is 10.4 Å². The van der Waals surface area contributed by atoms with Gasteiger partial charge in [-0.15, -0.1) is 0 Å². The number of benzene rings is 2. The number of aromatic amines is 1. The van der Waals surface area contributed by atoms with Crippen molar-refractivity contribution in [2.24, 2.45) is 5.92 Å². The average Bonchev–Trinajstić information content (AvgIpc) is 3.37. The number of fused-ring (bicyclic) bond motifs is 2. The number of phenolic OH excluding ortho intramolecular Hbond substituents is 1. The van der Waals surface area contributed by atoms with Crippen LogP contribution in [0.1, 0.15) is 60.3 Å². The summed E-state index contributed by atoms with van der Waals surface area (Å²) >= 11 is 0. The number of nitriles is 1. The Morgan fingerprint density at radius 1 is 1.28 bits per heavy atom. The van der Waals surface area contributed by atoms with E-state index in [2.05, 4.69) is 30.1 Å². The van der Waals surface area contributed by atoms with Crippen molar-refractivity contribution < 1.29 is 14.6 Å². The van der Waals surface area contributed by atoms with Crippen LogP contribution < -0.4 is 4.74 Å². The lowest BCUT2D eigenvalue weighted by Crippen LogP contribution is -2.25. The normalized spacial score (nSPS) is 12.9. The minimum absolute atomic E-state index is 0.0426. The van der Waals surface area contributed by atoms with Gasteiger partial charge in [0, 0.05) is 31.0 Å². The molecule has 0 fully saturated rings. The van der Waals surface area contributed by atoms with Gasteiger partial charge in [-0.1, -0.05) is 19.9 Å². The molecule has 2 heterocycles. The molecule has 1 amide bonds. The number of H-pyrrole nitrogens is 1. The second-order valence-corrected chi connectivity index (χ2v) is 8.72. The van der Waals surface area contributed by atoms with E-state index in [9.17, 15) is 9.90 Å². The van der Waals surface area contributed by atoms with Crippen LogP contribution in [0.25, 0.3) is 10.9 Å². The molecule has 0 radical (unpaired) electrons. The SMILES string of the molecule is CC(C)CCc1n[nH]c2cc(O)c(C(=O)N3Cc4ccc(OCCCC#N)cc4C3)cc12. The number of aromatic hydroxyl groups is 1. The van der Waals surface area contributed by atoms with Crippen molar-refractivity contribution in [1.82, 2.24) is 15.1 Å². The van der Waals surface area contributed by atoms with Gasteiger partial charge in [-0.3, -0.25) is 9.89 Å². The first-order chi connectivity index (χ1) is 15.5. The number of rotatable bonds is 8. The molecule has 166 valence electrons. The summed E-state index contributed by atoms with van der Waals surface area (Å²) in [6, 6.07) is 11.3. The monoisotopic (exact) mass is 432 g/mol. The summed E-state index contributed by atoms with van der Waals surface area (Å²) in [6.45, 7) is 5.79. The van der Waals surface area contributed by atoms with E-state index in [1.54, 1.807) is 17.0 Å². The Kier molecular flexibility index (Phi) is 6.31. The van der Waals surface area contributed by atoms with Crippen molar-refractivity contribution in [1.29, 1.82) is 5.26 Å². The molecule has 1 aliphatic rings. The molecule has 4 rings (SSSR count). The van der Waals surface area contributed by atoms with Crippen molar-refractivity contribution in [2.75, 3.05) is 6.61 Å². The number of unbranched alkanes of at least 4 members (excludes halogenated alkanes) is 1. The van der Waals surface area contributed by atoms with Gasteiger partial charge < -0.3 is 14.7 Å². The summed E-state index contributed by atoms with van der Waals surface area (Å²) in [5.74, 6) is 1.06. The summed E-state index contributed by atoms with van der Waals surface area (Å²) in [6.07, 6.45) is 2.98. The highest BCUT2D eigenvalue weighted by atomic mass is 16.5. The third-order valence-electron chi connectivity index (χ3n) is 5.84. The highest BCUT2D eigenvalue weighted by Gasteiger charge is 2.27. The average molecular weight is 433 g/mol. The molecule has 0 saturated carbocycles. The van der Waals surface area contributed by atoms with Gasteiger partial charge in [0.1, 0.15) is 11.5 Å². The zero-order chi connectivity index (χ0) is 22.7. The Bertz CT molecular complexity index is 1180. The van der Waals surface area contributed by atoms with Gasteiger partial charge in [-0.05, 0) is 54.5 Å². The molecule has 0 spiro atoms. The van der Waals surface area contributed by atoms with Gasteiger partial charge >= 0.3 is 0 Å². The molecule has 0 unspecified atom stereocenters. The zero-order valence-electron chi connectivity index (χ0n) is 18.5. The molecule has 0 aliphatic carbocycles. The predicted molar refractivity (Wildman–Crippen MR) is 121 cm³/mol. The molecule has 3 aromatic rings. The van der Waals surface area contributed by atoms with Crippen molar-refractivity contribution in [3.8, 4) is 17.6 Å². The number of nitrogens with zero attached hydrogens (tertiary/aromatic N) is 3. The quantitative estimate of drug-likeness (QED) is 0.503. The molecule has 2 N–H and O–H groups in total. The highest BCUT2D eigenvalue weighted by molar-refractivity contribution is 6.01. The van der Waals surface area contributed by atoms with Crippen LogP contribution in [0.2, 0.25) is 0 Å². The zero-order valence-corrected chi connectivity index (χ0v) is 18.5. The van der Waals surface area contributed by atoms with Crippen LogP contribution in [0.3, 0.4) is 0 Å². The van der Waals surface area contributed by atoms with Crippen molar-refractivity contribution in [2.45, 2.75) is 52.6 Å². The van der Waals surface area contributed by atoms with E-state index in [-0.39, 0.29) is 11.7 Å². The van der Waals surface area contributed by atoms with E-state index in [1.807, 2.05) is 18.2 Å². The summed E-state index contributed by atoms with van der Waals surface area (Å²) in [4.78, 5) is 15.0. The molecular formula is C25H28N4O3. The smallest absolute Gasteiger partial charge is 0.258 e. The maximum Gasteiger partial charge on any atom is 0.258 e. The van der Waals surface area contributed by atoms with Crippen LogP contribution in [-0.2, 0) is 19.5 Å². The maximum atomic E-state index is 13.3. The van der Waals surface area contributed by atoms with E-state index in [4.69, 9.17) is 10.00 Å².